The number of allylic oxidation sites excluding steroid dienone is 1. The van der Waals surface area contributed by atoms with E-state index in [-0.39, 0.29) is 32.0 Å². The van der Waals surface area contributed by atoms with Gasteiger partial charge in [-0.05, 0) is 86.9 Å². The molecule has 2 heterocycles. The zero-order chi connectivity index (χ0) is 36.7. The predicted molar refractivity (Wildman–Crippen MR) is 194 cm³/mol. The highest BCUT2D eigenvalue weighted by Gasteiger charge is 2.34. The number of hydrogen-bond acceptors (Lipinski definition) is 11. The van der Waals surface area contributed by atoms with E-state index in [4.69, 9.17) is 46.9 Å². The summed E-state index contributed by atoms with van der Waals surface area (Å²) < 4.78 is 35.3. The van der Waals surface area contributed by atoms with Crippen LogP contribution in [0.5, 0.6) is 23.0 Å². The summed E-state index contributed by atoms with van der Waals surface area (Å²) in [5.74, 6) is 0.196. The first-order valence-corrected chi connectivity index (χ1v) is 17.6. The summed E-state index contributed by atoms with van der Waals surface area (Å²) in [4.78, 5) is 44.5. The molecule has 5 rings (SSSR count). The monoisotopic (exact) mass is 754 g/mol. The minimum atomic E-state index is -0.916. The molecule has 14 heteroatoms. The second kappa shape index (κ2) is 17.0. The fourth-order valence-electron chi connectivity index (χ4n) is 5.39. The van der Waals surface area contributed by atoms with E-state index in [2.05, 4.69) is 9.73 Å². The van der Waals surface area contributed by atoms with Crippen molar-refractivity contribution in [2.75, 3.05) is 33.5 Å². The number of fused-ring (bicyclic) bond motifs is 1. The molecule has 0 amide bonds. The van der Waals surface area contributed by atoms with Gasteiger partial charge in [0.25, 0.3) is 5.56 Å². The molecule has 0 saturated carbocycles. The van der Waals surface area contributed by atoms with Crippen molar-refractivity contribution in [2.45, 2.75) is 40.3 Å². The van der Waals surface area contributed by atoms with Crippen LogP contribution >= 0.6 is 34.5 Å². The zero-order valence-corrected chi connectivity index (χ0v) is 30.9. The number of hydrogen-bond donors (Lipinski definition) is 0. The number of rotatable bonds is 14. The summed E-state index contributed by atoms with van der Waals surface area (Å²) in [6, 6.07) is 14.8. The van der Waals surface area contributed by atoms with Crippen molar-refractivity contribution in [3.63, 3.8) is 0 Å². The number of aromatic nitrogens is 1. The summed E-state index contributed by atoms with van der Waals surface area (Å²) in [7, 11) is 1.26. The van der Waals surface area contributed by atoms with Crippen molar-refractivity contribution in [2.24, 2.45) is 4.99 Å². The summed E-state index contributed by atoms with van der Waals surface area (Å²) in [6.07, 6.45) is 1.69. The largest absolute Gasteiger partial charge is 0.490 e. The molecule has 0 spiro atoms. The summed E-state index contributed by atoms with van der Waals surface area (Å²) in [5, 5.41) is 0.880. The van der Waals surface area contributed by atoms with E-state index in [1.54, 1.807) is 69.3 Å². The van der Waals surface area contributed by atoms with Crippen LogP contribution < -0.4 is 33.8 Å². The maximum atomic E-state index is 14.3. The first kappa shape index (κ1) is 37.5. The molecule has 0 radical (unpaired) electrons. The van der Waals surface area contributed by atoms with Gasteiger partial charge in [0.15, 0.2) is 34.4 Å². The van der Waals surface area contributed by atoms with Crippen LogP contribution in [0.4, 0.5) is 0 Å². The Bertz CT molecular complexity index is 2160. The normalized spacial score (nSPS) is 14.0. The quantitative estimate of drug-likeness (QED) is 0.142. The molecule has 1 aromatic heterocycles. The van der Waals surface area contributed by atoms with Crippen molar-refractivity contribution in [1.82, 2.24) is 4.57 Å². The number of methoxy groups -OCH3 is 1. The first-order valence-electron chi connectivity index (χ1n) is 16.1. The van der Waals surface area contributed by atoms with Crippen molar-refractivity contribution < 1.29 is 38.0 Å². The Labute approximate surface area is 308 Å². The zero-order valence-electron chi connectivity index (χ0n) is 28.6. The van der Waals surface area contributed by atoms with E-state index >= 15 is 0 Å². The van der Waals surface area contributed by atoms with E-state index in [0.29, 0.717) is 65.8 Å². The Hall–Kier alpha value is -4.78. The van der Waals surface area contributed by atoms with Crippen LogP contribution in [0, 0.1) is 0 Å². The number of benzene rings is 3. The highest BCUT2D eigenvalue weighted by atomic mass is 35.5. The molecule has 11 nitrogen and oxygen atoms in total. The second-order valence-electron chi connectivity index (χ2n) is 11.0. The molecule has 0 saturated heterocycles. The van der Waals surface area contributed by atoms with Gasteiger partial charge < -0.3 is 28.4 Å². The number of esters is 2. The van der Waals surface area contributed by atoms with Crippen LogP contribution in [0.1, 0.15) is 50.4 Å². The van der Waals surface area contributed by atoms with Gasteiger partial charge in [-0.25, -0.2) is 14.6 Å². The number of ether oxygens (including phenoxy) is 6. The number of halogens is 2. The number of carbonyl (C=O) groups is 2. The van der Waals surface area contributed by atoms with Crippen molar-refractivity contribution >= 4 is 52.6 Å². The predicted octanol–water partition coefficient (Wildman–Crippen LogP) is 6.03. The molecule has 1 aliphatic heterocycles. The molecule has 0 N–H and O–H groups in total. The Morgan fingerprint density at radius 3 is 2.39 bits per heavy atom. The average Bonchev–Trinajstić information content (AvgIpc) is 3.40. The molecule has 0 aliphatic carbocycles. The Balaban J connectivity index is 1.60. The first-order chi connectivity index (χ1) is 24.6. The molecule has 1 aliphatic rings. The molecule has 3 aromatic carbocycles. The van der Waals surface area contributed by atoms with Gasteiger partial charge in [0.2, 0.25) is 0 Å². The van der Waals surface area contributed by atoms with Gasteiger partial charge >= 0.3 is 11.9 Å². The van der Waals surface area contributed by atoms with Gasteiger partial charge in [-0.2, -0.15) is 0 Å². The molecule has 4 aromatic rings. The number of nitrogens with zero attached hydrogens (tertiary/aromatic N) is 2. The fraction of sp³-hybridized carbons (Fsp3) is 0.297. The molecular formula is C37H36Cl2N2O9S. The third-order valence-corrected chi connectivity index (χ3v) is 9.07. The molecule has 1 atom stereocenters. The minimum Gasteiger partial charge on any atom is -0.490 e. The van der Waals surface area contributed by atoms with Gasteiger partial charge in [0.05, 0.1) is 53.8 Å². The van der Waals surface area contributed by atoms with E-state index in [0.717, 1.165) is 16.9 Å². The molecule has 0 bridgehead atoms. The van der Waals surface area contributed by atoms with Gasteiger partial charge in [-0.1, -0.05) is 52.7 Å². The standard InChI is InChI=1S/C37H36Cl2N2O9S/c1-6-46-28-18-24(12-13-27(28)49-20-31(42)45-5)33-32(36(44)48-8-3)21(4)40-37-41(33)35(43)30(51-37)17-23-15-26(39)34(29(16-23)47-7-2)50-19-22-10-9-11-25(38)14-22/h9-18,33H,6-8,19-20H2,1-5H3/b30-17+/t33-/m1/s1. The maximum absolute atomic E-state index is 14.3. The third-order valence-electron chi connectivity index (χ3n) is 7.58. The number of thiazole rings is 1. The van der Waals surface area contributed by atoms with Gasteiger partial charge in [-0.3, -0.25) is 9.36 Å². The molecule has 51 heavy (non-hydrogen) atoms. The van der Waals surface area contributed by atoms with Crippen LogP contribution in [0.15, 0.2) is 75.7 Å². The van der Waals surface area contributed by atoms with Gasteiger partial charge in [-0.15, -0.1) is 0 Å². The van der Waals surface area contributed by atoms with Crippen molar-refractivity contribution in [3.8, 4) is 23.0 Å². The van der Waals surface area contributed by atoms with Crippen LogP contribution in [0.25, 0.3) is 6.08 Å². The van der Waals surface area contributed by atoms with Gasteiger partial charge in [0, 0.05) is 5.02 Å². The van der Waals surface area contributed by atoms with Crippen molar-refractivity contribution in [1.29, 1.82) is 0 Å². The van der Waals surface area contributed by atoms with Crippen LogP contribution in [0.2, 0.25) is 10.0 Å². The van der Waals surface area contributed by atoms with Gasteiger partial charge in [0.1, 0.15) is 6.61 Å². The lowest BCUT2D eigenvalue weighted by molar-refractivity contribution is -0.143. The third kappa shape index (κ3) is 8.58. The molecule has 0 unspecified atom stereocenters. The molecule has 268 valence electrons. The molecule has 0 fully saturated rings. The van der Waals surface area contributed by atoms with E-state index in [1.165, 1.54) is 11.7 Å². The Morgan fingerprint density at radius 2 is 1.69 bits per heavy atom. The Kier molecular flexibility index (Phi) is 12.5. The average molecular weight is 756 g/mol. The van der Waals surface area contributed by atoms with Crippen LogP contribution in [0.3, 0.4) is 0 Å². The van der Waals surface area contributed by atoms with E-state index in [9.17, 15) is 14.4 Å². The SMILES string of the molecule is CCOC(=O)C1=C(C)N=c2s/c(=C/c3cc(Cl)c(OCc4cccc(Cl)c4)c(OCC)c3)c(=O)n2[C@@H]1c1ccc(OCC(=O)OC)c(OCC)c1. The Morgan fingerprint density at radius 1 is 0.922 bits per heavy atom. The summed E-state index contributed by atoms with van der Waals surface area (Å²) in [5.41, 5.74) is 2.19. The second-order valence-corrected chi connectivity index (χ2v) is 12.8. The van der Waals surface area contributed by atoms with Crippen molar-refractivity contribution in [3.05, 3.63) is 112 Å². The molecular weight excluding hydrogens is 719 g/mol. The lowest BCUT2D eigenvalue weighted by Gasteiger charge is -2.25. The van der Waals surface area contributed by atoms with Crippen LogP contribution in [-0.4, -0.2) is 50.0 Å². The lowest BCUT2D eigenvalue weighted by Crippen LogP contribution is -2.40. The number of carbonyl (C=O) groups excluding carboxylic acids is 2. The highest BCUT2D eigenvalue weighted by molar-refractivity contribution is 7.07. The summed E-state index contributed by atoms with van der Waals surface area (Å²) in [6.45, 7) is 7.69. The maximum Gasteiger partial charge on any atom is 0.343 e. The lowest BCUT2D eigenvalue weighted by atomic mass is 9.95. The van der Waals surface area contributed by atoms with E-state index < -0.39 is 23.5 Å². The fourth-order valence-corrected chi connectivity index (χ4v) is 6.93. The summed E-state index contributed by atoms with van der Waals surface area (Å²) >= 11 is 14.0. The van der Waals surface area contributed by atoms with Crippen LogP contribution in [-0.2, 0) is 25.7 Å². The van der Waals surface area contributed by atoms with E-state index in [1.807, 2.05) is 19.1 Å². The minimum absolute atomic E-state index is 0.124. The highest BCUT2D eigenvalue weighted by Crippen LogP contribution is 2.38. The smallest absolute Gasteiger partial charge is 0.343 e. The topological polar surface area (TPSA) is 124 Å².